The molecule has 0 spiro atoms. The monoisotopic (exact) mass is 379 g/mol. The summed E-state index contributed by atoms with van der Waals surface area (Å²) < 4.78 is 5.35. The molecule has 0 saturated heterocycles. The van der Waals surface area contributed by atoms with Crippen LogP contribution in [-0.2, 0) is 6.61 Å². The summed E-state index contributed by atoms with van der Waals surface area (Å²) in [7, 11) is 3.47. The number of aromatic hydroxyl groups is 1. The second-order valence-electron chi connectivity index (χ2n) is 6.84. The fourth-order valence-corrected chi connectivity index (χ4v) is 3.40. The zero-order valence-corrected chi connectivity index (χ0v) is 16.2. The normalized spacial score (nSPS) is 14.9. The number of carbonyl (C=O) groups excluding carboxylic acids is 1. The number of rotatable bonds is 6. The number of ether oxygens (including phenoxy) is 1. The largest absolute Gasteiger partial charge is 0.506 e. The van der Waals surface area contributed by atoms with E-state index in [2.05, 4.69) is 4.90 Å². The highest BCUT2D eigenvalue weighted by Crippen LogP contribution is 2.40. The molecule has 2 N–H and O–H groups in total. The number of allylic oxidation sites excluding steroid dienone is 1. The van der Waals surface area contributed by atoms with E-state index in [9.17, 15) is 15.0 Å². The number of hydrogen-bond acceptors (Lipinski definition) is 5. The average Bonchev–Trinajstić information content (AvgIpc) is 2.72. The third-order valence-corrected chi connectivity index (χ3v) is 4.94. The van der Waals surface area contributed by atoms with Gasteiger partial charge in [-0.2, -0.15) is 0 Å². The van der Waals surface area contributed by atoms with Gasteiger partial charge in [-0.15, -0.1) is 0 Å². The molecule has 2 aromatic carbocycles. The zero-order valence-electron chi connectivity index (χ0n) is 16.2. The topological polar surface area (TPSA) is 70.0 Å². The van der Waals surface area contributed by atoms with E-state index in [0.717, 1.165) is 30.6 Å². The molecule has 0 bridgehead atoms. The van der Waals surface area contributed by atoms with Crippen molar-refractivity contribution in [2.75, 3.05) is 27.2 Å². The van der Waals surface area contributed by atoms with Gasteiger partial charge in [0, 0.05) is 18.7 Å². The molecule has 146 valence electrons. The minimum atomic E-state index is -0.350. The molecule has 1 aliphatic heterocycles. The van der Waals surface area contributed by atoms with Gasteiger partial charge in [-0.25, -0.2) is 0 Å². The van der Waals surface area contributed by atoms with Crippen LogP contribution in [0.4, 0.5) is 0 Å². The molecule has 1 heterocycles. The molecule has 0 amide bonds. The summed E-state index contributed by atoms with van der Waals surface area (Å²) in [6, 6.07) is 11.1. The summed E-state index contributed by atoms with van der Waals surface area (Å²) >= 11 is 0. The Balaban J connectivity index is 2.06. The van der Waals surface area contributed by atoms with Crippen molar-refractivity contribution in [3.05, 3.63) is 70.8 Å². The van der Waals surface area contributed by atoms with E-state index in [1.54, 1.807) is 12.1 Å². The molecule has 0 radical (unpaired) electrons. The molecule has 0 fully saturated rings. The van der Waals surface area contributed by atoms with Crippen LogP contribution in [0.15, 0.2) is 48.6 Å². The molecule has 0 unspecified atom stereocenters. The number of aliphatic hydroxyl groups excluding tert-OH is 1. The van der Waals surface area contributed by atoms with Crippen molar-refractivity contribution in [2.24, 2.45) is 0 Å². The Morgan fingerprint density at radius 2 is 2.04 bits per heavy atom. The fourth-order valence-electron chi connectivity index (χ4n) is 3.40. The highest BCUT2D eigenvalue weighted by atomic mass is 16.5. The van der Waals surface area contributed by atoms with E-state index >= 15 is 0 Å². The first kappa shape index (κ1) is 19.9. The van der Waals surface area contributed by atoms with Crippen LogP contribution < -0.4 is 4.74 Å². The molecule has 3 rings (SSSR count). The van der Waals surface area contributed by atoms with Gasteiger partial charge in [-0.1, -0.05) is 42.5 Å². The number of aliphatic hydroxyl groups is 1. The zero-order chi connectivity index (χ0) is 20.1. The highest BCUT2D eigenvalue weighted by molar-refractivity contribution is 6.11. The van der Waals surface area contributed by atoms with E-state index in [-0.39, 0.29) is 29.5 Å². The number of nitrogens with zero attached hydrogens (tertiary/aromatic N) is 1. The number of benzene rings is 2. The van der Waals surface area contributed by atoms with E-state index in [1.165, 1.54) is 13.2 Å². The molecular formula is C23H25NO4. The standard InChI is InChI=1S/C23H25NO4/c1-24-12-10-17(11-13-24)21-18(15-25)14-20(28-2)22(23(21)27)19(26)9-8-16-6-4-3-5-7-16/h3-10,14,25,27H,11-13,15H2,1-2H3. The molecule has 0 saturated carbocycles. The van der Waals surface area contributed by atoms with Crippen LogP contribution in [0, 0.1) is 0 Å². The van der Waals surface area contributed by atoms with E-state index in [0.29, 0.717) is 11.1 Å². The van der Waals surface area contributed by atoms with Crippen LogP contribution in [0.25, 0.3) is 11.6 Å². The molecule has 0 aliphatic carbocycles. The molecule has 5 nitrogen and oxygen atoms in total. The van der Waals surface area contributed by atoms with Gasteiger partial charge in [0.05, 0.1) is 13.7 Å². The SMILES string of the molecule is COc1cc(CO)c(C2=CCN(C)CC2)c(O)c1C(=O)C=Cc1ccccc1. The first-order chi connectivity index (χ1) is 13.5. The predicted octanol–water partition coefficient (Wildman–Crippen LogP) is 3.51. The predicted molar refractivity (Wildman–Crippen MR) is 110 cm³/mol. The number of ketones is 1. The molecule has 0 aromatic heterocycles. The van der Waals surface area contributed by atoms with Crippen molar-refractivity contribution in [3.63, 3.8) is 0 Å². The van der Waals surface area contributed by atoms with Crippen molar-refractivity contribution in [2.45, 2.75) is 13.0 Å². The van der Waals surface area contributed by atoms with Gasteiger partial charge < -0.3 is 19.8 Å². The Kier molecular flexibility index (Phi) is 6.29. The third-order valence-electron chi connectivity index (χ3n) is 4.94. The van der Waals surface area contributed by atoms with Crippen LogP contribution in [0.3, 0.4) is 0 Å². The Morgan fingerprint density at radius 3 is 2.64 bits per heavy atom. The summed E-state index contributed by atoms with van der Waals surface area (Å²) in [5.41, 5.74) is 3.02. The Morgan fingerprint density at radius 1 is 1.29 bits per heavy atom. The lowest BCUT2D eigenvalue weighted by molar-refractivity contribution is 0.104. The Bertz CT molecular complexity index is 916. The third kappa shape index (κ3) is 4.16. The van der Waals surface area contributed by atoms with Gasteiger partial charge in [-0.05, 0) is 42.3 Å². The van der Waals surface area contributed by atoms with Gasteiger partial charge in [0.15, 0.2) is 5.78 Å². The molecular weight excluding hydrogens is 354 g/mol. The van der Waals surface area contributed by atoms with Crippen molar-refractivity contribution < 1.29 is 19.7 Å². The summed E-state index contributed by atoms with van der Waals surface area (Å²) in [6.45, 7) is 1.35. The van der Waals surface area contributed by atoms with Crippen molar-refractivity contribution in [3.8, 4) is 11.5 Å². The number of likely N-dealkylation sites (N-methyl/N-ethyl adjacent to an activating group) is 1. The minimum Gasteiger partial charge on any atom is -0.506 e. The van der Waals surface area contributed by atoms with Gasteiger partial charge in [-0.3, -0.25) is 4.79 Å². The van der Waals surface area contributed by atoms with Gasteiger partial charge >= 0.3 is 0 Å². The number of hydrogen-bond donors (Lipinski definition) is 2. The number of phenolic OH excluding ortho intramolecular Hbond substituents is 1. The lowest BCUT2D eigenvalue weighted by Gasteiger charge is -2.25. The number of carbonyl (C=O) groups is 1. The van der Waals surface area contributed by atoms with E-state index < -0.39 is 0 Å². The van der Waals surface area contributed by atoms with Gasteiger partial charge in [0.1, 0.15) is 17.1 Å². The highest BCUT2D eigenvalue weighted by Gasteiger charge is 2.25. The lowest BCUT2D eigenvalue weighted by Crippen LogP contribution is -2.24. The lowest BCUT2D eigenvalue weighted by atomic mass is 9.90. The second kappa shape index (κ2) is 8.87. The maximum atomic E-state index is 12.9. The number of phenols is 1. The molecule has 0 atom stereocenters. The van der Waals surface area contributed by atoms with Crippen LogP contribution in [0.1, 0.15) is 33.5 Å². The van der Waals surface area contributed by atoms with Crippen LogP contribution in [-0.4, -0.2) is 48.1 Å². The maximum Gasteiger partial charge on any atom is 0.193 e. The van der Waals surface area contributed by atoms with Crippen molar-refractivity contribution >= 4 is 17.4 Å². The summed E-state index contributed by atoms with van der Waals surface area (Å²) in [6.07, 6.45) is 5.89. The van der Waals surface area contributed by atoms with E-state index in [1.807, 2.05) is 43.5 Å². The van der Waals surface area contributed by atoms with Crippen LogP contribution >= 0.6 is 0 Å². The van der Waals surface area contributed by atoms with E-state index in [4.69, 9.17) is 4.74 Å². The first-order valence-electron chi connectivity index (χ1n) is 9.24. The first-order valence-corrected chi connectivity index (χ1v) is 9.24. The molecule has 1 aliphatic rings. The van der Waals surface area contributed by atoms with Crippen LogP contribution in [0.5, 0.6) is 11.5 Å². The second-order valence-corrected chi connectivity index (χ2v) is 6.84. The quantitative estimate of drug-likeness (QED) is 0.594. The summed E-state index contributed by atoms with van der Waals surface area (Å²) in [5.74, 6) is -0.235. The minimum absolute atomic E-state index is 0.113. The molecule has 5 heteroatoms. The molecule has 28 heavy (non-hydrogen) atoms. The maximum absolute atomic E-state index is 12.9. The van der Waals surface area contributed by atoms with Crippen molar-refractivity contribution in [1.82, 2.24) is 4.90 Å². The average molecular weight is 379 g/mol. The summed E-state index contributed by atoms with van der Waals surface area (Å²) in [4.78, 5) is 15.1. The van der Waals surface area contributed by atoms with Crippen LogP contribution in [0.2, 0.25) is 0 Å². The van der Waals surface area contributed by atoms with Gasteiger partial charge in [0.2, 0.25) is 0 Å². The van der Waals surface area contributed by atoms with Crippen molar-refractivity contribution in [1.29, 1.82) is 0 Å². The number of methoxy groups -OCH3 is 1. The summed E-state index contributed by atoms with van der Waals surface area (Å²) in [5, 5.41) is 20.8. The Labute approximate surface area is 165 Å². The fraction of sp³-hybridized carbons (Fsp3) is 0.261. The Hall–Kier alpha value is -2.89. The molecule has 2 aromatic rings. The van der Waals surface area contributed by atoms with Gasteiger partial charge in [0.25, 0.3) is 0 Å². The smallest absolute Gasteiger partial charge is 0.193 e.